The molecule has 0 spiro atoms. The lowest BCUT2D eigenvalue weighted by Gasteiger charge is -2.20. The second-order valence-corrected chi connectivity index (χ2v) is 4.70. The van der Waals surface area contributed by atoms with Crippen molar-refractivity contribution in [3.05, 3.63) is 35.9 Å². The van der Waals surface area contributed by atoms with Gasteiger partial charge in [0.2, 0.25) is 0 Å². The molecular weight excluding hydrogens is 268 g/mol. The van der Waals surface area contributed by atoms with Crippen molar-refractivity contribution in [2.24, 2.45) is 0 Å². The van der Waals surface area contributed by atoms with Gasteiger partial charge in [-0.2, -0.15) is 5.26 Å². The molecule has 1 saturated heterocycles. The first-order chi connectivity index (χ1) is 10.3. The number of ketones is 1. The van der Waals surface area contributed by atoms with Crippen molar-refractivity contribution in [2.45, 2.75) is 38.3 Å². The minimum Gasteiger partial charge on any atom is -0.463 e. The maximum Gasteiger partial charge on any atom is 0.293 e. The van der Waals surface area contributed by atoms with Gasteiger partial charge in [0.15, 0.2) is 5.78 Å². The molecule has 112 valence electrons. The average Bonchev–Trinajstić information content (AvgIpc) is 2.55. The second-order valence-electron chi connectivity index (χ2n) is 4.70. The molecule has 0 radical (unpaired) electrons. The maximum atomic E-state index is 11.1. The monoisotopic (exact) mass is 288 g/mol. The number of hydrogen-bond donors (Lipinski definition) is 1. The number of nitrogens with zero attached hydrogens (tertiary/aromatic N) is 1. The minimum absolute atomic E-state index is 0.0385. The first-order valence-corrected chi connectivity index (χ1v) is 7.00. The highest BCUT2D eigenvalue weighted by Crippen LogP contribution is 2.08. The van der Waals surface area contributed by atoms with Crippen LogP contribution in [0.2, 0.25) is 0 Å². The maximum absolute atomic E-state index is 11.1. The van der Waals surface area contributed by atoms with Crippen LogP contribution >= 0.6 is 0 Å². The quantitative estimate of drug-likeness (QED) is 0.838. The Morgan fingerprint density at radius 1 is 1.38 bits per heavy atom. The zero-order valence-electron chi connectivity index (χ0n) is 12.0. The molecule has 21 heavy (non-hydrogen) atoms. The smallest absolute Gasteiger partial charge is 0.293 e. The highest BCUT2D eigenvalue weighted by molar-refractivity contribution is 5.85. The number of nitriles is 1. The van der Waals surface area contributed by atoms with Crippen LogP contribution in [0.1, 0.15) is 31.2 Å². The molecule has 0 aromatic heterocycles. The van der Waals surface area contributed by atoms with Crippen molar-refractivity contribution in [3.8, 4) is 6.07 Å². The molecule has 0 bridgehead atoms. The van der Waals surface area contributed by atoms with Gasteiger partial charge < -0.3 is 10.1 Å². The second kappa shape index (κ2) is 10.6. The standard InChI is InChI=1S/C8H12N2O.C8H8O2/c9-5-4-8(11)7-3-1-2-6-10-7;9-7-10-6-8-4-2-1-3-5-8/h7,10H,1-4,6H2;1-5,7H,6H2. The Kier molecular flexibility index (Phi) is 8.50. The zero-order chi connectivity index (χ0) is 15.3. The first kappa shape index (κ1) is 16.9. The first-order valence-electron chi connectivity index (χ1n) is 7.00. The fourth-order valence-electron chi connectivity index (χ4n) is 2.03. The third-order valence-corrected chi connectivity index (χ3v) is 3.11. The lowest BCUT2D eigenvalue weighted by atomic mass is 10.00. The van der Waals surface area contributed by atoms with Gasteiger partial charge in [0.05, 0.1) is 18.5 Å². The molecule has 1 aliphatic rings. The van der Waals surface area contributed by atoms with Gasteiger partial charge in [0.1, 0.15) is 6.61 Å². The lowest BCUT2D eigenvalue weighted by Crippen LogP contribution is -2.40. The van der Waals surface area contributed by atoms with Crippen LogP contribution in [-0.4, -0.2) is 24.8 Å². The summed E-state index contributed by atoms with van der Waals surface area (Å²) in [5.41, 5.74) is 1.01. The molecule has 5 nitrogen and oxygen atoms in total. The summed E-state index contributed by atoms with van der Waals surface area (Å²) in [5, 5.41) is 11.4. The molecule has 1 fully saturated rings. The lowest BCUT2D eigenvalue weighted by molar-refractivity contribution is -0.129. The normalized spacial score (nSPS) is 16.8. The van der Waals surface area contributed by atoms with E-state index < -0.39 is 0 Å². The fraction of sp³-hybridized carbons (Fsp3) is 0.438. The number of benzene rings is 1. The highest BCUT2D eigenvalue weighted by Gasteiger charge is 2.19. The van der Waals surface area contributed by atoms with Crippen molar-refractivity contribution < 1.29 is 14.3 Å². The number of piperidine rings is 1. The summed E-state index contributed by atoms with van der Waals surface area (Å²) in [6.07, 6.45) is 3.21. The van der Waals surface area contributed by atoms with Crippen molar-refractivity contribution in [1.29, 1.82) is 5.26 Å². The summed E-state index contributed by atoms with van der Waals surface area (Å²) in [7, 11) is 0. The summed E-state index contributed by atoms with van der Waals surface area (Å²) in [4.78, 5) is 20.9. The molecule has 1 aromatic rings. The van der Waals surface area contributed by atoms with Crippen LogP contribution in [0.5, 0.6) is 0 Å². The Hall–Kier alpha value is -2.19. The van der Waals surface area contributed by atoms with E-state index in [1.54, 1.807) is 0 Å². The van der Waals surface area contributed by atoms with Crippen LogP contribution < -0.4 is 5.32 Å². The Bertz CT molecular complexity index is 462. The van der Waals surface area contributed by atoms with Gasteiger partial charge in [-0.25, -0.2) is 0 Å². The molecule has 1 aliphatic heterocycles. The van der Waals surface area contributed by atoms with Gasteiger partial charge in [-0.15, -0.1) is 0 Å². The van der Waals surface area contributed by atoms with Crippen LogP contribution in [0.25, 0.3) is 0 Å². The molecule has 1 heterocycles. The molecule has 2 rings (SSSR count). The van der Waals surface area contributed by atoms with Gasteiger partial charge in [-0.3, -0.25) is 9.59 Å². The third-order valence-electron chi connectivity index (χ3n) is 3.11. The van der Waals surface area contributed by atoms with Gasteiger partial charge in [-0.05, 0) is 24.9 Å². The topological polar surface area (TPSA) is 79.2 Å². The average molecular weight is 288 g/mol. The molecule has 0 amide bonds. The summed E-state index contributed by atoms with van der Waals surface area (Å²) in [6.45, 7) is 1.74. The van der Waals surface area contributed by atoms with Crippen molar-refractivity contribution in [1.82, 2.24) is 5.32 Å². The molecule has 1 atom stereocenters. The molecule has 1 N–H and O–H groups in total. The van der Waals surface area contributed by atoms with Gasteiger partial charge in [0.25, 0.3) is 6.47 Å². The van der Waals surface area contributed by atoms with E-state index in [1.807, 2.05) is 36.4 Å². The SMILES string of the molecule is N#CCC(=O)C1CCCCN1.O=COCc1ccccc1. The van der Waals surface area contributed by atoms with Crippen LogP contribution in [-0.2, 0) is 20.9 Å². The summed E-state index contributed by atoms with van der Waals surface area (Å²) < 4.78 is 4.54. The van der Waals surface area contributed by atoms with E-state index in [1.165, 1.54) is 0 Å². The predicted octanol–water partition coefficient (Wildman–Crippen LogP) is 1.97. The van der Waals surface area contributed by atoms with Gasteiger partial charge in [0, 0.05) is 0 Å². The Morgan fingerprint density at radius 2 is 2.14 bits per heavy atom. The number of nitrogens with one attached hydrogen (secondary N) is 1. The number of rotatable bonds is 5. The molecule has 0 saturated carbocycles. The predicted molar refractivity (Wildman–Crippen MR) is 78.2 cm³/mol. The molecular formula is C16H20N2O3. The van der Waals surface area contributed by atoms with Crippen LogP contribution in [0.3, 0.4) is 0 Å². The Morgan fingerprint density at radius 3 is 2.71 bits per heavy atom. The van der Waals surface area contributed by atoms with E-state index in [2.05, 4.69) is 10.1 Å². The Balaban J connectivity index is 0.000000211. The van der Waals surface area contributed by atoms with Crippen molar-refractivity contribution in [3.63, 3.8) is 0 Å². The van der Waals surface area contributed by atoms with Crippen LogP contribution in [0.4, 0.5) is 0 Å². The number of Topliss-reactive ketones (excluding diaryl/α,β-unsaturated/α-hetero) is 1. The fourth-order valence-corrected chi connectivity index (χ4v) is 2.03. The number of hydrogen-bond acceptors (Lipinski definition) is 5. The summed E-state index contributed by atoms with van der Waals surface area (Å²) in [5.74, 6) is 0.0483. The zero-order valence-corrected chi connectivity index (χ0v) is 12.0. The third kappa shape index (κ3) is 7.23. The molecule has 1 aromatic carbocycles. The number of carbonyl (C=O) groups is 2. The minimum atomic E-state index is -0.0385. The van der Waals surface area contributed by atoms with E-state index in [-0.39, 0.29) is 18.2 Å². The van der Waals surface area contributed by atoms with E-state index in [0.717, 1.165) is 31.4 Å². The number of carbonyl (C=O) groups excluding carboxylic acids is 2. The van der Waals surface area contributed by atoms with Crippen molar-refractivity contribution >= 4 is 12.3 Å². The van der Waals surface area contributed by atoms with Crippen molar-refractivity contribution in [2.75, 3.05) is 6.54 Å². The van der Waals surface area contributed by atoms with Gasteiger partial charge >= 0.3 is 0 Å². The van der Waals surface area contributed by atoms with Crippen LogP contribution in [0, 0.1) is 11.3 Å². The molecule has 0 aliphatic carbocycles. The summed E-state index contributed by atoms with van der Waals surface area (Å²) >= 11 is 0. The molecule has 1 unspecified atom stereocenters. The van der Waals surface area contributed by atoms with E-state index in [0.29, 0.717) is 13.1 Å². The van der Waals surface area contributed by atoms with Gasteiger partial charge in [-0.1, -0.05) is 36.8 Å². The van der Waals surface area contributed by atoms with E-state index in [9.17, 15) is 9.59 Å². The largest absolute Gasteiger partial charge is 0.463 e. The Labute approximate surface area is 124 Å². The summed E-state index contributed by atoms with van der Waals surface area (Å²) in [6, 6.07) is 11.4. The molecule has 5 heteroatoms. The van der Waals surface area contributed by atoms with E-state index >= 15 is 0 Å². The highest BCUT2D eigenvalue weighted by atomic mass is 16.5. The number of ether oxygens (including phenoxy) is 1. The van der Waals surface area contributed by atoms with E-state index in [4.69, 9.17) is 5.26 Å². The van der Waals surface area contributed by atoms with Crippen LogP contribution in [0.15, 0.2) is 30.3 Å².